The standard InChI is InChI=1S/C94H178NO8P/c1-6-8-10-12-14-16-18-20-22-24-26-28-30-32-34-36-38-40-42-44-46-47-49-51-53-55-57-59-61-63-65-67-69-71-73-75-77-79-81-83-85-87-94(97)103-92(91-102-104(98,99)101-89-88-95(3,4)5)90-100-93(96)86-84-82-80-78-76-74-72-70-68-66-64-62-60-58-56-54-52-50-48-45-43-41-39-37-35-33-31-29-27-25-23-21-19-17-15-13-11-9-7-2/h8,10,14,16,20,22,25-28,92H,6-7,9,11-13,15,17-19,21,23-24,29-91H2,1-5H3/p+1/b10-8-,16-14-,22-20-,27-25-,28-26-. The smallest absolute Gasteiger partial charge is 0.462 e. The molecule has 0 bridgehead atoms. The van der Waals surface area contributed by atoms with Crippen molar-refractivity contribution in [1.82, 2.24) is 0 Å². The number of rotatable bonds is 87. The van der Waals surface area contributed by atoms with E-state index in [2.05, 4.69) is 74.6 Å². The molecule has 0 heterocycles. The maximum atomic E-state index is 13.0. The molecule has 0 aliphatic heterocycles. The lowest BCUT2D eigenvalue weighted by Gasteiger charge is -2.24. The van der Waals surface area contributed by atoms with Gasteiger partial charge in [-0.15, -0.1) is 0 Å². The van der Waals surface area contributed by atoms with Gasteiger partial charge in [-0.3, -0.25) is 18.6 Å². The van der Waals surface area contributed by atoms with Crippen LogP contribution < -0.4 is 0 Å². The third-order valence-corrected chi connectivity index (χ3v) is 22.0. The number of quaternary nitrogens is 1. The molecule has 0 rings (SSSR count). The molecule has 9 nitrogen and oxygen atoms in total. The molecular weight excluding hydrogens is 1300 g/mol. The zero-order valence-electron chi connectivity index (χ0n) is 70.3. The van der Waals surface area contributed by atoms with Gasteiger partial charge in [-0.05, 0) is 77.0 Å². The van der Waals surface area contributed by atoms with Gasteiger partial charge >= 0.3 is 19.8 Å². The summed E-state index contributed by atoms with van der Waals surface area (Å²) in [5.74, 6) is -0.768. The third kappa shape index (κ3) is 88.6. The largest absolute Gasteiger partial charge is 0.472 e. The second-order valence-electron chi connectivity index (χ2n) is 32.7. The Bertz CT molecular complexity index is 1940. The second-order valence-corrected chi connectivity index (χ2v) is 34.1. The van der Waals surface area contributed by atoms with E-state index >= 15 is 0 Å². The van der Waals surface area contributed by atoms with Crippen LogP contribution in [-0.4, -0.2) is 74.9 Å². The molecule has 0 radical (unpaired) electrons. The summed E-state index contributed by atoms with van der Waals surface area (Å²) in [4.78, 5) is 36.1. The molecule has 0 spiro atoms. The minimum atomic E-state index is -4.40. The molecule has 104 heavy (non-hydrogen) atoms. The van der Waals surface area contributed by atoms with Crippen molar-refractivity contribution in [2.45, 2.75) is 482 Å². The van der Waals surface area contributed by atoms with Crippen molar-refractivity contribution in [1.29, 1.82) is 0 Å². The normalized spacial score (nSPS) is 13.2. The Hall–Kier alpha value is -2.29. The lowest BCUT2D eigenvalue weighted by Crippen LogP contribution is -2.37. The van der Waals surface area contributed by atoms with Crippen LogP contribution in [0.25, 0.3) is 0 Å². The first-order valence-electron chi connectivity index (χ1n) is 46.0. The van der Waals surface area contributed by atoms with Gasteiger partial charge < -0.3 is 18.9 Å². The van der Waals surface area contributed by atoms with Gasteiger partial charge in [0.1, 0.15) is 19.8 Å². The fourth-order valence-corrected chi connectivity index (χ4v) is 14.8. The molecule has 1 N–H and O–H groups in total. The fourth-order valence-electron chi connectivity index (χ4n) is 14.1. The van der Waals surface area contributed by atoms with Crippen molar-refractivity contribution in [3.8, 4) is 0 Å². The zero-order valence-corrected chi connectivity index (χ0v) is 71.2. The van der Waals surface area contributed by atoms with E-state index in [0.717, 1.165) is 57.8 Å². The van der Waals surface area contributed by atoms with Crippen molar-refractivity contribution in [3.05, 3.63) is 60.8 Å². The summed E-state index contributed by atoms with van der Waals surface area (Å²) in [6, 6.07) is 0. The summed E-state index contributed by atoms with van der Waals surface area (Å²) in [5, 5.41) is 0. The van der Waals surface area contributed by atoms with E-state index in [0.29, 0.717) is 23.9 Å². The first kappa shape index (κ1) is 102. The van der Waals surface area contributed by atoms with E-state index < -0.39 is 26.5 Å². The van der Waals surface area contributed by atoms with E-state index in [-0.39, 0.29) is 25.6 Å². The Morgan fingerprint density at radius 2 is 0.548 bits per heavy atom. The Morgan fingerprint density at radius 1 is 0.308 bits per heavy atom. The lowest BCUT2D eigenvalue weighted by molar-refractivity contribution is -0.870. The van der Waals surface area contributed by atoms with Gasteiger partial charge in [0, 0.05) is 12.8 Å². The van der Waals surface area contributed by atoms with E-state index in [4.69, 9.17) is 18.5 Å². The summed E-state index contributed by atoms with van der Waals surface area (Å²) in [5.41, 5.74) is 0. The molecule has 10 heteroatoms. The quantitative estimate of drug-likeness (QED) is 0.0211. The second kappa shape index (κ2) is 84.7. The van der Waals surface area contributed by atoms with Crippen molar-refractivity contribution < 1.29 is 42.1 Å². The van der Waals surface area contributed by atoms with Crippen LogP contribution in [0.15, 0.2) is 60.8 Å². The SMILES string of the molecule is CC/C=C\C/C=C\C/C=C\C/C=C\CCCCCCCCCCCCCCCCCCCCCCCCCCCCCCC(=O)OC(COC(=O)CCCCCCCCCCCCCCCCCCCCCCCCCCCCC/C=C\CCCCCCCCCC)COP(=O)(O)OCC[N+](C)(C)C. The minimum Gasteiger partial charge on any atom is -0.462 e. The summed E-state index contributed by atoms with van der Waals surface area (Å²) in [7, 11) is 1.51. The first-order chi connectivity index (χ1) is 51.0. The monoisotopic (exact) mass is 1480 g/mol. The lowest BCUT2D eigenvalue weighted by atomic mass is 10.0. The van der Waals surface area contributed by atoms with E-state index in [1.165, 1.54) is 385 Å². The molecule has 0 aromatic carbocycles. The molecule has 0 aromatic heterocycles. The predicted octanol–water partition coefficient (Wildman–Crippen LogP) is 31.2. The van der Waals surface area contributed by atoms with Crippen molar-refractivity contribution in [3.63, 3.8) is 0 Å². The number of likely N-dealkylation sites (N-methyl/N-ethyl adjacent to an activating group) is 1. The van der Waals surface area contributed by atoms with E-state index in [9.17, 15) is 19.0 Å². The Balaban J connectivity index is 3.82. The molecule has 612 valence electrons. The molecule has 0 saturated heterocycles. The van der Waals surface area contributed by atoms with E-state index in [1.54, 1.807) is 0 Å². The van der Waals surface area contributed by atoms with Crippen LogP contribution in [0.1, 0.15) is 476 Å². The summed E-state index contributed by atoms with van der Waals surface area (Å²) in [6.07, 6.45) is 116. The highest BCUT2D eigenvalue weighted by Gasteiger charge is 2.27. The topological polar surface area (TPSA) is 108 Å². The van der Waals surface area contributed by atoms with Gasteiger partial charge in [0.05, 0.1) is 27.7 Å². The number of ether oxygens (including phenoxy) is 2. The molecule has 0 amide bonds. The van der Waals surface area contributed by atoms with Gasteiger partial charge in [-0.1, -0.05) is 447 Å². The maximum absolute atomic E-state index is 13.0. The van der Waals surface area contributed by atoms with Crippen LogP contribution in [0.5, 0.6) is 0 Å². The van der Waals surface area contributed by atoms with Crippen LogP contribution in [0.2, 0.25) is 0 Å². The predicted molar refractivity (Wildman–Crippen MR) is 455 cm³/mol. The van der Waals surface area contributed by atoms with Crippen LogP contribution in [0.4, 0.5) is 0 Å². The number of esters is 2. The summed E-state index contributed by atoms with van der Waals surface area (Å²) in [6.45, 7) is 4.41. The van der Waals surface area contributed by atoms with E-state index in [1.807, 2.05) is 21.1 Å². The zero-order chi connectivity index (χ0) is 75.4. The molecular formula is C94H179NO8P+. The minimum absolute atomic E-state index is 0.0353. The number of nitrogens with zero attached hydrogens (tertiary/aromatic N) is 1. The number of phosphoric acid groups is 1. The highest BCUT2D eigenvalue weighted by atomic mass is 31.2. The first-order valence-corrected chi connectivity index (χ1v) is 47.5. The van der Waals surface area contributed by atoms with Crippen LogP contribution in [0, 0.1) is 0 Å². The van der Waals surface area contributed by atoms with Crippen molar-refractivity contribution in [2.75, 3.05) is 47.5 Å². The fraction of sp³-hybridized carbons (Fsp3) is 0.872. The third-order valence-electron chi connectivity index (χ3n) is 21.0. The number of carbonyl (C=O) groups excluding carboxylic acids is 2. The maximum Gasteiger partial charge on any atom is 0.472 e. The van der Waals surface area contributed by atoms with Crippen molar-refractivity contribution in [2.24, 2.45) is 0 Å². The molecule has 0 aliphatic carbocycles. The number of unbranched alkanes of at least 4 members (excludes halogenated alkanes) is 63. The van der Waals surface area contributed by atoms with Gasteiger partial charge in [0.15, 0.2) is 6.10 Å². The molecule has 2 atom stereocenters. The molecule has 0 fully saturated rings. The molecule has 0 aromatic rings. The molecule has 0 saturated carbocycles. The number of phosphoric ester groups is 1. The average molecular weight is 1480 g/mol. The van der Waals surface area contributed by atoms with Crippen LogP contribution >= 0.6 is 7.82 Å². The number of allylic oxidation sites excluding steroid dienone is 10. The molecule has 0 aliphatic rings. The summed E-state index contributed by atoms with van der Waals surface area (Å²) < 4.78 is 34.9. The van der Waals surface area contributed by atoms with Crippen molar-refractivity contribution >= 4 is 19.8 Å². The Labute approximate surface area is 648 Å². The Kier molecular flexibility index (Phi) is 82.9. The summed E-state index contributed by atoms with van der Waals surface area (Å²) >= 11 is 0. The average Bonchev–Trinajstić information content (AvgIpc) is 0.920. The Morgan fingerprint density at radius 3 is 0.827 bits per heavy atom. The molecule has 2 unspecified atom stereocenters. The number of carbonyl (C=O) groups is 2. The number of hydrogen-bond donors (Lipinski definition) is 1. The number of hydrogen-bond acceptors (Lipinski definition) is 7. The van der Waals surface area contributed by atoms with Crippen LogP contribution in [0.3, 0.4) is 0 Å². The van der Waals surface area contributed by atoms with Gasteiger partial charge in [-0.2, -0.15) is 0 Å². The highest BCUT2D eigenvalue weighted by Crippen LogP contribution is 2.43. The van der Waals surface area contributed by atoms with Gasteiger partial charge in [-0.25, -0.2) is 4.57 Å². The van der Waals surface area contributed by atoms with Crippen LogP contribution in [-0.2, 0) is 32.7 Å². The van der Waals surface area contributed by atoms with Gasteiger partial charge in [0.25, 0.3) is 0 Å². The highest BCUT2D eigenvalue weighted by molar-refractivity contribution is 7.47. The van der Waals surface area contributed by atoms with Gasteiger partial charge in [0.2, 0.25) is 0 Å².